The monoisotopic (exact) mass is 486 g/mol. The fraction of sp³-hybridized carbons (Fsp3) is 0.360. The van der Waals surface area contributed by atoms with E-state index in [9.17, 15) is 13.6 Å². The predicted molar refractivity (Wildman–Crippen MR) is 128 cm³/mol. The molecule has 1 saturated carbocycles. The Balaban J connectivity index is 1.49. The summed E-state index contributed by atoms with van der Waals surface area (Å²) in [5.41, 5.74) is 1.39. The van der Waals surface area contributed by atoms with Gasteiger partial charge in [0.15, 0.2) is 0 Å². The number of benzene rings is 2. The molecule has 178 valence electrons. The number of carbonyl (C=O) groups is 1. The highest BCUT2D eigenvalue weighted by atomic mass is 35.5. The lowest BCUT2D eigenvalue weighted by molar-refractivity contribution is -0.0964. The molecule has 2 heterocycles. The van der Waals surface area contributed by atoms with Crippen molar-refractivity contribution in [2.45, 2.75) is 56.7 Å². The Kier molecular flexibility index (Phi) is 5.72. The van der Waals surface area contributed by atoms with Crippen LogP contribution in [-0.4, -0.2) is 33.8 Å². The molecule has 0 saturated heterocycles. The Morgan fingerprint density at radius 1 is 1.24 bits per heavy atom. The van der Waals surface area contributed by atoms with E-state index in [-0.39, 0.29) is 11.7 Å². The maximum absolute atomic E-state index is 13.2. The summed E-state index contributed by atoms with van der Waals surface area (Å²) in [6.07, 6.45) is 5.11. The molecule has 0 spiro atoms. The lowest BCUT2D eigenvalue weighted by atomic mass is 9.92. The number of anilines is 2. The molecule has 2 atom stereocenters. The Morgan fingerprint density at radius 3 is 2.65 bits per heavy atom. The zero-order chi connectivity index (χ0) is 24.0. The summed E-state index contributed by atoms with van der Waals surface area (Å²) in [6, 6.07) is 12.2. The van der Waals surface area contributed by atoms with Crippen LogP contribution in [0.15, 0.2) is 48.7 Å². The van der Waals surface area contributed by atoms with Gasteiger partial charge < -0.3 is 15.0 Å². The molecule has 2 aromatic carbocycles. The van der Waals surface area contributed by atoms with E-state index < -0.39 is 5.57 Å². The molecular weight excluding hydrogens is 462 g/mol. The molecule has 5 rings (SSSR count). The molecule has 1 aliphatic carbocycles. The van der Waals surface area contributed by atoms with Gasteiger partial charge in [0.2, 0.25) is 0 Å². The molecule has 2 aliphatic rings. The van der Waals surface area contributed by atoms with Crippen LogP contribution in [0.2, 0.25) is 0 Å². The lowest BCUT2D eigenvalue weighted by Crippen LogP contribution is -2.37. The molecule has 2 unspecified atom stereocenters. The second-order valence-electron chi connectivity index (χ2n) is 9.06. The summed E-state index contributed by atoms with van der Waals surface area (Å²) >= 11 is 4.81. The topological polar surface area (TPSA) is 70.2 Å². The summed E-state index contributed by atoms with van der Waals surface area (Å²) in [4.78, 5) is 15.7. The number of nitrogens with one attached hydrogen (secondary N) is 2. The van der Waals surface area contributed by atoms with Crippen LogP contribution in [0.5, 0.6) is 5.75 Å². The first-order valence-corrected chi connectivity index (χ1v) is 11.7. The van der Waals surface area contributed by atoms with Gasteiger partial charge in [-0.15, -0.1) is 8.78 Å². The summed E-state index contributed by atoms with van der Waals surface area (Å²) in [6.45, 7) is 4.41. The van der Waals surface area contributed by atoms with E-state index >= 15 is 0 Å². The maximum Gasteiger partial charge on any atom is 0.487 e. The summed E-state index contributed by atoms with van der Waals surface area (Å²) in [7, 11) is 0. The highest BCUT2D eigenvalue weighted by Gasteiger charge is 2.44. The Morgan fingerprint density at radius 2 is 2.00 bits per heavy atom. The number of ether oxygens (including phenoxy) is 1. The molecule has 2 N–H and O–H groups in total. The number of halogens is 3. The van der Waals surface area contributed by atoms with E-state index in [0.717, 1.165) is 24.1 Å². The zero-order valence-corrected chi connectivity index (χ0v) is 19.6. The molecule has 1 amide bonds. The molecule has 0 bridgehead atoms. The van der Waals surface area contributed by atoms with E-state index in [1.165, 1.54) is 41.9 Å². The minimum atomic E-state index is -3.79. The third-order valence-corrected chi connectivity index (χ3v) is 6.67. The van der Waals surface area contributed by atoms with Crippen LogP contribution in [0, 0.1) is 0 Å². The van der Waals surface area contributed by atoms with Gasteiger partial charge in [-0.3, -0.25) is 9.89 Å². The van der Waals surface area contributed by atoms with Gasteiger partial charge in [-0.25, -0.2) is 0 Å². The van der Waals surface area contributed by atoms with Gasteiger partial charge in [-0.05, 0) is 74.7 Å². The van der Waals surface area contributed by atoms with Crippen LogP contribution >= 0.6 is 11.6 Å². The molecule has 0 radical (unpaired) electrons. The number of nitrogens with zero attached hydrogens (tertiary/aromatic N) is 2. The fourth-order valence-electron chi connectivity index (χ4n) is 5.36. The van der Waals surface area contributed by atoms with Gasteiger partial charge in [0.25, 0.3) is 5.91 Å². The zero-order valence-electron chi connectivity index (χ0n) is 18.8. The van der Waals surface area contributed by atoms with Gasteiger partial charge in [0, 0.05) is 52.6 Å². The third kappa shape index (κ3) is 4.22. The molecule has 9 heteroatoms. The van der Waals surface area contributed by atoms with Gasteiger partial charge in [-0.2, -0.15) is 5.10 Å². The van der Waals surface area contributed by atoms with Gasteiger partial charge in [-0.1, -0.05) is 6.42 Å². The average molecular weight is 487 g/mol. The standard InChI is InChI=1S/C25H25ClF2N4O2/c1-14(2)32-22-5-3-4-18(22)19-12-15(13-20(23(19)32)21-10-11-29-31-21)24(33)30-16-6-8-17(9-7-16)34-25(26,27)28/h6-14,18,22H,3-5H2,1-2H3,(H,29,31)(H,30,33). The molecule has 6 nitrogen and oxygen atoms in total. The highest BCUT2D eigenvalue weighted by Crippen LogP contribution is 2.53. The van der Waals surface area contributed by atoms with Gasteiger partial charge in [0.1, 0.15) is 5.75 Å². The van der Waals surface area contributed by atoms with Crippen molar-refractivity contribution in [3.8, 4) is 17.0 Å². The normalized spacial score (nSPS) is 19.3. The molecule has 34 heavy (non-hydrogen) atoms. The first-order chi connectivity index (χ1) is 16.2. The van der Waals surface area contributed by atoms with Crippen molar-refractivity contribution in [2.24, 2.45) is 0 Å². The number of hydrogen-bond donors (Lipinski definition) is 2. The smallest absolute Gasteiger partial charge is 0.420 e. The Hall–Kier alpha value is -3.13. The number of hydrogen-bond acceptors (Lipinski definition) is 4. The minimum absolute atomic E-state index is 0.0990. The Labute approximate surface area is 201 Å². The SMILES string of the molecule is CC(C)N1c2c(-c3ccn[nH]3)cc(C(=O)Nc3ccc(OC(F)(F)Cl)cc3)cc2C2CCCC21. The van der Waals surface area contributed by atoms with Crippen molar-refractivity contribution in [3.05, 3.63) is 59.8 Å². The van der Waals surface area contributed by atoms with Crippen molar-refractivity contribution < 1.29 is 18.3 Å². The number of rotatable bonds is 6. The third-order valence-electron chi connectivity index (χ3n) is 6.59. The Bertz CT molecular complexity index is 1190. The summed E-state index contributed by atoms with van der Waals surface area (Å²) < 4.78 is 30.0. The lowest BCUT2D eigenvalue weighted by Gasteiger charge is -2.32. The van der Waals surface area contributed by atoms with Crippen molar-refractivity contribution >= 4 is 28.9 Å². The number of fused-ring (bicyclic) bond motifs is 3. The van der Waals surface area contributed by atoms with E-state index in [4.69, 9.17) is 11.6 Å². The highest BCUT2D eigenvalue weighted by molar-refractivity contribution is 6.20. The van der Waals surface area contributed by atoms with E-state index in [1.807, 2.05) is 18.2 Å². The summed E-state index contributed by atoms with van der Waals surface area (Å²) in [5.74, 6) is 0.0102. The average Bonchev–Trinajstić information content (AvgIpc) is 3.51. The van der Waals surface area contributed by atoms with Crippen molar-refractivity contribution in [3.63, 3.8) is 0 Å². The van der Waals surface area contributed by atoms with E-state index in [2.05, 4.69) is 39.0 Å². The quantitative estimate of drug-likeness (QED) is 0.398. The number of aromatic amines is 1. The number of aromatic nitrogens is 2. The molecule has 1 aromatic heterocycles. The van der Waals surface area contributed by atoms with Crippen molar-refractivity contribution in [2.75, 3.05) is 10.2 Å². The molecular formula is C25H25ClF2N4O2. The second-order valence-corrected chi connectivity index (χ2v) is 9.50. The predicted octanol–water partition coefficient (Wildman–Crippen LogP) is 6.36. The number of H-pyrrole nitrogens is 1. The van der Waals surface area contributed by atoms with Gasteiger partial charge >= 0.3 is 5.57 Å². The van der Waals surface area contributed by atoms with Crippen LogP contribution in [0.25, 0.3) is 11.3 Å². The van der Waals surface area contributed by atoms with Gasteiger partial charge in [0.05, 0.1) is 11.4 Å². The largest absolute Gasteiger partial charge is 0.487 e. The van der Waals surface area contributed by atoms with E-state index in [0.29, 0.717) is 29.3 Å². The molecule has 1 aliphatic heterocycles. The van der Waals surface area contributed by atoms with Crippen LogP contribution in [-0.2, 0) is 0 Å². The van der Waals surface area contributed by atoms with Crippen molar-refractivity contribution in [1.82, 2.24) is 10.2 Å². The minimum Gasteiger partial charge on any atom is -0.420 e. The first kappa shape index (κ1) is 22.7. The van der Waals surface area contributed by atoms with Crippen molar-refractivity contribution in [1.29, 1.82) is 0 Å². The second kappa shape index (κ2) is 8.58. The maximum atomic E-state index is 13.2. The molecule has 3 aromatic rings. The number of amides is 1. The van der Waals surface area contributed by atoms with E-state index in [1.54, 1.807) is 6.20 Å². The summed E-state index contributed by atoms with van der Waals surface area (Å²) in [5, 5.41) is 10.0. The van der Waals surface area contributed by atoms with Crippen LogP contribution < -0.4 is 15.0 Å². The number of carbonyl (C=O) groups excluding carboxylic acids is 1. The van der Waals surface area contributed by atoms with Crippen LogP contribution in [0.3, 0.4) is 0 Å². The van der Waals surface area contributed by atoms with Crippen LogP contribution in [0.1, 0.15) is 54.9 Å². The van der Waals surface area contributed by atoms with Crippen LogP contribution in [0.4, 0.5) is 20.2 Å². The first-order valence-electron chi connectivity index (χ1n) is 11.3. The fourth-order valence-corrected chi connectivity index (χ4v) is 5.45. The number of alkyl halides is 3. The molecule has 1 fully saturated rings.